The predicted octanol–water partition coefficient (Wildman–Crippen LogP) is 5.25. The molecule has 278 valence electrons. The predicted molar refractivity (Wildman–Crippen MR) is 203 cm³/mol. The lowest BCUT2D eigenvalue weighted by Crippen LogP contribution is -2.43. The van der Waals surface area contributed by atoms with Gasteiger partial charge in [0.05, 0.1) is 41.3 Å². The number of hydrogen-bond acceptors (Lipinski definition) is 10. The van der Waals surface area contributed by atoms with Gasteiger partial charge in [0.15, 0.2) is 0 Å². The standard InChI is InChI=1S/C38H42Cl2N8O5/c1-22(49)44-25-12-15-48(16-13-25)21-24-19-43-31(17-32(24)52-2)37(51)46-30-6-4-5-28(34(30)39)36-35(40)27(11-14-42-36)29-9-7-23(38(47-29)53-3)18-41-20-26-8-10-33(50)45-26/h4-7,9,11,14,17,19,25-26,41H,8,10,12-13,15-16,18,20-21H2,1-3H3,(H,44,49)(H,45,50)(H,46,51). The summed E-state index contributed by atoms with van der Waals surface area (Å²) in [5.41, 5.74) is 4.39. The van der Waals surface area contributed by atoms with Gasteiger partial charge in [0, 0.05) is 98.9 Å². The normalized spacial score (nSPS) is 16.2. The van der Waals surface area contributed by atoms with E-state index in [1.165, 1.54) is 6.92 Å². The van der Waals surface area contributed by atoms with Gasteiger partial charge in [-0.1, -0.05) is 41.4 Å². The number of benzene rings is 1. The Morgan fingerprint density at radius 3 is 2.51 bits per heavy atom. The van der Waals surface area contributed by atoms with E-state index in [9.17, 15) is 14.4 Å². The number of methoxy groups -OCH3 is 2. The van der Waals surface area contributed by atoms with Crippen LogP contribution in [-0.4, -0.2) is 83.5 Å². The number of likely N-dealkylation sites (tertiary alicyclic amines) is 1. The van der Waals surface area contributed by atoms with Gasteiger partial charge in [0.2, 0.25) is 17.7 Å². The molecule has 2 fully saturated rings. The van der Waals surface area contributed by atoms with Gasteiger partial charge in [-0.2, -0.15) is 0 Å². The van der Waals surface area contributed by atoms with Crippen molar-refractivity contribution in [2.45, 2.75) is 57.8 Å². The number of piperidine rings is 1. The maximum absolute atomic E-state index is 13.4. The van der Waals surface area contributed by atoms with Crippen LogP contribution in [0.2, 0.25) is 10.0 Å². The van der Waals surface area contributed by atoms with E-state index in [1.807, 2.05) is 12.1 Å². The van der Waals surface area contributed by atoms with Crippen molar-refractivity contribution in [2.24, 2.45) is 0 Å². The van der Waals surface area contributed by atoms with E-state index in [-0.39, 0.29) is 34.6 Å². The quantitative estimate of drug-likeness (QED) is 0.142. The molecular formula is C38H42Cl2N8O5. The van der Waals surface area contributed by atoms with Crippen LogP contribution < -0.4 is 30.7 Å². The first kappa shape index (κ1) is 37.9. The average Bonchev–Trinajstić information content (AvgIpc) is 3.58. The molecule has 1 atom stereocenters. The van der Waals surface area contributed by atoms with Crippen molar-refractivity contribution in [2.75, 3.05) is 39.2 Å². The molecule has 4 N–H and O–H groups in total. The molecule has 4 aromatic rings. The number of pyridine rings is 3. The molecule has 2 aliphatic rings. The number of amides is 3. The van der Waals surface area contributed by atoms with Crippen LogP contribution in [-0.2, 0) is 22.7 Å². The lowest BCUT2D eigenvalue weighted by Gasteiger charge is -2.32. The second-order valence-electron chi connectivity index (χ2n) is 13.1. The number of nitrogens with zero attached hydrogens (tertiary/aromatic N) is 4. The van der Waals surface area contributed by atoms with E-state index in [4.69, 9.17) is 37.7 Å². The van der Waals surface area contributed by atoms with Gasteiger partial charge in [-0.05, 0) is 37.5 Å². The highest BCUT2D eigenvalue weighted by atomic mass is 35.5. The van der Waals surface area contributed by atoms with Crippen LogP contribution in [0, 0.1) is 0 Å². The highest BCUT2D eigenvalue weighted by Gasteiger charge is 2.24. The molecular weight excluding hydrogens is 719 g/mol. The minimum absolute atomic E-state index is 0.0129. The Hall–Kier alpha value is -4.82. The van der Waals surface area contributed by atoms with E-state index < -0.39 is 5.91 Å². The fourth-order valence-corrected chi connectivity index (χ4v) is 7.20. The van der Waals surface area contributed by atoms with Crippen molar-refractivity contribution in [1.82, 2.24) is 35.8 Å². The first-order valence-electron chi connectivity index (χ1n) is 17.4. The van der Waals surface area contributed by atoms with Crippen LogP contribution in [0.15, 0.2) is 54.9 Å². The number of anilines is 1. The monoisotopic (exact) mass is 760 g/mol. The summed E-state index contributed by atoms with van der Waals surface area (Å²) in [7, 11) is 3.13. The Labute approximate surface area is 318 Å². The van der Waals surface area contributed by atoms with Crippen molar-refractivity contribution in [1.29, 1.82) is 0 Å². The Bertz CT molecular complexity index is 1990. The first-order valence-corrected chi connectivity index (χ1v) is 18.2. The summed E-state index contributed by atoms with van der Waals surface area (Å²) < 4.78 is 11.3. The second-order valence-corrected chi connectivity index (χ2v) is 13.8. The molecule has 6 rings (SSSR count). The maximum Gasteiger partial charge on any atom is 0.274 e. The lowest BCUT2D eigenvalue weighted by atomic mass is 10.0. The summed E-state index contributed by atoms with van der Waals surface area (Å²) in [4.78, 5) is 52.3. The molecule has 13 nitrogen and oxygen atoms in total. The summed E-state index contributed by atoms with van der Waals surface area (Å²) in [6.07, 6.45) is 6.37. The Morgan fingerprint density at radius 2 is 1.79 bits per heavy atom. The SMILES string of the molecule is COc1cc(C(=O)Nc2cccc(-c3nccc(-c4ccc(CNCC5CCC(=O)N5)c(OC)n4)c3Cl)c2Cl)ncc1CN1CCC(NC(C)=O)CC1. The average molecular weight is 762 g/mol. The number of hydrogen-bond donors (Lipinski definition) is 4. The molecule has 0 bridgehead atoms. The molecule has 0 spiro atoms. The number of carbonyl (C=O) groups excluding carboxylic acids is 3. The van der Waals surface area contributed by atoms with Crippen LogP contribution in [0.5, 0.6) is 11.6 Å². The Morgan fingerprint density at radius 1 is 0.981 bits per heavy atom. The fourth-order valence-electron chi connectivity index (χ4n) is 6.63. The summed E-state index contributed by atoms with van der Waals surface area (Å²) in [5.74, 6) is 0.605. The third-order valence-electron chi connectivity index (χ3n) is 9.38. The topological polar surface area (TPSA) is 160 Å². The van der Waals surface area contributed by atoms with E-state index in [2.05, 4.69) is 36.1 Å². The van der Waals surface area contributed by atoms with Gasteiger partial charge >= 0.3 is 0 Å². The molecule has 2 aliphatic heterocycles. The summed E-state index contributed by atoms with van der Waals surface area (Å²) in [6.45, 7) is 4.96. The number of halogens is 2. The summed E-state index contributed by atoms with van der Waals surface area (Å²) >= 11 is 13.9. The maximum atomic E-state index is 13.4. The van der Waals surface area contributed by atoms with Crippen molar-refractivity contribution in [3.8, 4) is 34.1 Å². The number of ether oxygens (including phenoxy) is 2. The van der Waals surface area contributed by atoms with Gasteiger partial charge in [-0.15, -0.1) is 0 Å². The molecule has 5 heterocycles. The minimum Gasteiger partial charge on any atom is -0.496 e. The zero-order valence-electron chi connectivity index (χ0n) is 29.8. The molecule has 15 heteroatoms. The Balaban J connectivity index is 1.14. The number of aromatic nitrogens is 3. The molecule has 1 unspecified atom stereocenters. The molecule has 0 saturated carbocycles. The first-order chi connectivity index (χ1) is 25.6. The molecule has 3 aromatic heterocycles. The highest BCUT2D eigenvalue weighted by Crippen LogP contribution is 2.40. The van der Waals surface area contributed by atoms with Crippen LogP contribution >= 0.6 is 23.2 Å². The fraction of sp³-hybridized carbons (Fsp3) is 0.368. The van der Waals surface area contributed by atoms with Gasteiger partial charge in [-0.25, -0.2) is 4.98 Å². The number of rotatable bonds is 13. The third kappa shape index (κ3) is 9.22. The van der Waals surface area contributed by atoms with Crippen molar-refractivity contribution in [3.05, 3.63) is 81.7 Å². The summed E-state index contributed by atoms with van der Waals surface area (Å²) in [5, 5.41) is 12.8. The number of nitrogens with one attached hydrogen (secondary N) is 4. The Kier molecular flexibility index (Phi) is 12.4. The van der Waals surface area contributed by atoms with E-state index in [0.29, 0.717) is 70.9 Å². The van der Waals surface area contributed by atoms with Gasteiger partial charge in [-0.3, -0.25) is 29.3 Å². The lowest BCUT2D eigenvalue weighted by molar-refractivity contribution is -0.120. The zero-order valence-corrected chi connectivity index (χ0v) is 31.3. The second kappa shape index (κ2) is 17.3. The molecule has 0 aliphatic carbocycles. The third-order valence-corrected chi connectivity index (χ3v) is 10.2. The van der Waals surface area contributed by atoms with Crippen molar-refractivity contribution in [3.63, 3.8) is 0 Å². The van der Waals surface area contributed by atoms with Gasteiger partial charge < -0.3 is 30.7 Å². The zero-order chi connectivity index (χ0) is 37.5. The van der Waals surface area contributed by atoms with Crippen molar-refractivity contribution >= 4 is 46.6 Å². The van der Waals surface area contributed by atoms with Gasteiger partial charge in [0.25, 0.3) is 5.91 Å². The molecule has 0 radical (unpaired) electrons. The van der Waals surface area contributed by atoms with E-state index in [0.717, 1.165) is 43.5 Å². The van der Waals surface area contributed by atoms with E-state index >= 15 is 0 Å². The molecule has 3 amide bonds. The minimum atomic E-state index is -0.461. The van der Waals surface area contributed by atoms with Crippen LogP contribution in [0.4, 0.5) is 5.69 Å². The van der Waals surface area contributed by atoms with Crippen LogP contribution in [0.1, 0.15) is 54.2 Å². The van der Waals surface area contributed by atoms with Crippen LogP contribution in [0.3, 0.4) is 0 Å². The molecule has 53 heavy (non-hydrogen) atoms. The molecule has 2 saturated heterocycles. The van der Waals surface area contributed by atoms with Crippen LogP contribution in [0.25, 0.3) is 22.5 Å². The largest absolute Gasteiger partial charge is 0.496 e. The smallest absolute Gasteiger partial charge is 0.274 e. The molecule has 1 aromatic carbocycles. The summed E-state index contributed by atoms with van der Waals surface area (Å²) in [6, 6.07) is 12.7. The highest BCUT2D eigenvalue weighted by molar-refractivity contribution is 6.39. The number of carbonyl (C=O) groups is 3. The van der Waals surface area contributed by atoms with Crippen molar-refractivity contribution < 1.29 is 23.9 Å². The van der Waals surface area contributed by atoms with E-state index in [1.54, 1.807) is 56.9 Å². The van der Waals surface area contributed by atoms with Gasteiger partial charge in [0.1, 0.15) is 11.4 Å².